The molecule has 1 aliphatic carbocycles. The molecule has 0 saturated heterocycles. The maximum Gasteiger partial charge on any atom is 0.267 e. The highest BCUT2D eigenvalue weighted by Gasteiger charge is 2.23. The van der Waals surface area contributed by atoms with Gasteiger partial charge in [0, 0.05) is 11.1 Å². The van der Waals surface area contributed by atoms with E-state index in [1.54, 1.807) is 0 Å². The van der Waals surface area contributed by atoms with E-state index in [2.05, 4.69) is 18.3 Å². The molecule has 2 heterocycles. The maximum absolute atomic E-state index is 12.8. The zero-order valence-electron chi connectivity index (χ0n) is 14.4. The highest BCUT2D eigenvalue weighted by molar-refractivity contribution is 7.21. The molecular formula is C19H16Cl3N3OS. The predicted octanol–water partition coefficient (Wildman–Crippen LogP) is 6.22. The Morgan fingerprint density at radius 1 is 1.22 bits per heavy atom. The first-order valence-corrected chi connectivity index (χ1v) is 10.4. The van der Waals surface area contributed by atoms with Crippen LogP contribution in [0.5, 0.6) is 0 Å². The van der Waals surface area contributed by atoms with Crippen molar-refractivity contribution in [2.24, 2.45) is 5.92 Å². The number of aryl methyl sites for hydroxylation is 1. The number of pyridine rings is 1. The summed E-state index contributed by atoms with van der Waals surface area (Å²) in [6.07, 6.45) is 3.09. The van der Waals surface area contributed by atoms with Gasteiger partial charge in [0.25, 0.3) is 5.91 Å². The van der Waals surface area contributed by atoms with Crippen LogP contribution in [0.2, 0.25) is 15.1 Å². The minimum absolute atomic E-state index is 0.306. The molecule has 1 atom stereocenters. The number of nitrogen functional groups attached to an aromatic ring is 1. The number of carbonyl (C=O) groups excluding carboxylic acids is 1. The molecule has 3 aromatic rings. The molecular weight excluding hydrogens is 425 g/mol. The van der Waals surface area contributed by atoms with E-state index in [1.165, 1.54) is 29.0 Å². The number of nitrogens with one attached hydrogen (secondary N) is 1. The first-order valence-electron chi connectivity index (χ1n) is 8.50. The highest BCUT2D eigenvalue weighted by atomic mass is 35.5. The number of nitrogens with zero attached hydrogens (tertiary/aromatic N) is 1. The Balaban J connectivity index is 1.70. The van der Waals surface area contributed by atoms with Gasteiger partial charge in [-0.25, -0.2) is 4.98 Å². The first-order chi connectivity index (χ1) is 12.8. The molecule has 2 aromatic heterocycles. The third kappa shape index (κ3) is 3.49. The van der Waals surface area contributed by atoms with E-state index in [4.69, 9.17) is 45.5 Å². The molecule has 1 aliphatic rings. The average Bonchev–Trinajstić information content (AvgIpc) is 2.94. The number of hydrogen-bond acceptors (Lipinski definition) is 4. The number of nitrogens with two attached hydrogens (primary N) is 1. The van der Waals surface area contributed by atoms with Crippen molar-refractivity contribution < 1.29 is 4.79 Å². The lowest BCUT2D eigenvalue weighted by atomic mass is 9.87. The molecule has 0 saturated carbocycles. The Morgan fingerprint density at radius 2 is 1.96 bits per heavy atom. The van der Waals surface area contributed by atoms with E-state index >= 15 is 0 Å². The summed E-state index contributed by atoms with van der Waals surface area (Å²) in [5, 5.41) is 4.53. The molecule has 0 radical (unpaired) electrons. The van der Waals surface area contributed by atoms with E-state index in [-0.39, 0.29) is 5.91 Å². The first kappa shape index (κ1) is 18.8. The van der Waals surface area contributed by atoms with Gasteiger partial charge < -0.3 is 11.1 Å². The van der Waals surface area contributed by atoms with Gasteiger partial charge in [-0.3, -0.25) is 4.79 Å². The largest absolute Gasteiger partial charge is 0.397 e. The van der Waals surface area contributed by atoms with Gasteiger partial charge >= 0.3 is 0 Å². The van der Waals surface area contributed by atoms with Crippen molar-refractivity contribution in [3.8, 4) is 0 Å². The van der Waals surface area contributed by atoms with Crippen molar-refractivity contribution in [2.45, 2.75) is 26.2 Å². The van der Waals surface area contributed by atoms with E-state index in [0.29, 0.717) is 37.2 Å². The van der Waals surface area contributed by atoms with E-state index < -0.39 is 0 Å². The van der Waals surface area contributed by atoms with Gasteiger partial charge in [-0.15, -0.1) is 11.3 Å². The number of thiophene rings is 1. The van der Waals surface area contributed by atoms with Crippen LogP contribution in [-0.4, -0.2) is 10.9 Å². The van der Waals surface area contributed by atoms with E-state index in [9.17, 15) is 4.79 Å². The smallest absolute Gasteiger partial charge is 0.267 e. The second-order valence-corrected chi connectivity index (χ2v) is 9.06. The third-order valence-corrected chi connectivity index (χ3v) is 6.95. The molecule has 27 heavy (non-hydrogen) atoms. The van der Waals surface area contributed by atoms with Gasteiger partial charge in [0.2, 0.25) is 0 Å². The zero-order valence-corrected chi connectivity index (χ0v) is 17.5. The number of fused-ring (bicyclic) bond motifs is 2. The fraction of sp³-hybridized carbons (Fsp3) is 0.263. The van der Waals surface area contributed by atoms with Gasteiger partial charge in [0.15, 0.2) is 0 Å². The lowest BCUT2D eigenvalue weighted by molar-refractivity contribution is 0.103. The Hall–Kier alpha value is -1.53. The van der Waals surface area contributed by atoms with Crippen molar-refractivity contribution in [1.29, 1.82) is 0 Å². The Labute approximate surface area is 175 Å². The summed E-state index contributed by atoms with van der Waals surface area (Å²) in [5.74, 6) is 0.290. The van der Waals surface area contributed by atoms with Gasteiger partial charge in [0.05, 0.1) is 26.4 Å². The monoisotopic (exact) mass is 439 g/mol. The number of rotatable bonds is 2. The van der Waals surface area contributed by atoms with Gasteiger partial charge in [-0.05, 0) is 48.9 Å². The molecule has 4 nitrogen and oxygen atoms in total. The average molecular weight is 441 g/mol. The highest BCUT2D eigenvalue weighted by Crippen LogP contribution is 2.38. The van der Waals surface area contributed by atoms with E-state index in [1.807, 2.05) is 0 Å². The summed E-state index contributed by atoms with van der Waals surface area (Å²) < 4.78 is 0. The molecule has 1 unspecified atom stereocenters. The molecule has 0 fully saturated rings. The van der Waals surface area contributed by atoms with Gasteiger partial charge in [0.1, 0.15) is 9.71 Å². The number of amides is 1. The topological polar surface area (TPSA) is 68.0 Å². The van der Waals surface area contributed by atoms with Crippen LogP contribution in [0.4, 0.5) is 11.4 Å². The van der Waals surface area contributed by atoms with Crippen LogP contribution >= 0.6 is 46.1 Å². The fourth-order valence-corrected chi connectivity index (χ4v) is 4.92. The summed E-state index contributed by atoms with van der Waals surface area (Å²) in [7, 11) is 0. The van der Waals surface area contributed by atoms with Gasteiger partial charge in [-0.2, -0.15) is 0 Å². The lowest BCUT2D eigenvalue weighted by Gasteiger charge is -2.20. The van der Waals surface area contributed by atoms with E-state index in [0.717, 1.165) is 35.2 Å². The summed E-state index contributed by atoms with van der Waals surface area (Å²) >= 11 is 19.4. The molecule has 3 N–H and O–H groups in total. The van der Waals surface area contributed by atoms with Crippen LogP contribution in [0, 0.1) is 5.92 Å². The number of aromatic nitrogens is 1. The van der Waals surface area contributed by atoms with Gasteiger partial charge in [-0.1, -0.05) is 41.7 Å². The van der Waals surface area contributed by atoms with Crippen LogP contribution in [0.3, 0.4) is 0 Å². The minimum atomic E-state index is -0.345. The summed E-state index contributed by atoms with van der Waals surface area (Å²) in [4.78, 5) is 18.7. The Bertz CT molecular complexity index is 1080. The summed E-state index contributed by atoms with van der Waals surface area (Å²) in [6.45, 7) is 2.24. The molecule has 0 spiro atoms. The normalized spacial score (nSPS) is 16.4. The van der Waals surface area contributed by atoms with Crippen molar-refractivity contribution >= 4 is 73.6 Å². The Kier molecular flexibility index (Phi) is 4.97. The standard InChI is InChI=1S/C19H16Cl3N3OS/c1-8-2-3-14-9(4-8)5-10-16(23)17(27-19(10)25-14)18(26)24-15-7-12(21)11(20)6-13(15)22/h5-8H,2-4,23H2,1H3,(H,24,26). The van der Waals surface area contributed by atoms with Crippen LogP contribution in [0.25, 0.3) is 10.2 Å². The molecule has 4 rings (SSSR count). The molecule has 0 aliphatic heterocycles. The number of halogens is 3. The number of benzene rings is 1. The summed E-state index contributed by atoms with van der Waals surface area (Å²) in [5.41, 5.74) is 9.45. The van der Waals surface area contributed by atoms with Crippen molar-refractivity contribution in [3.63, 3.8) is 0 Å². The quantitative estimate of drug-likeness (QED) is 0.465. The van der Waals surface area contributed by atoms with Crippen molar-refractivity contribution in [3.05, 3.63) is 49.4 Å². The van der Waals surface area contributed by atoms with Crippen molar-refractivity contribution in [2.75, 3.05) is 11.1 Å². The summed E-state index contributed by atoms with van der Waals surface area (Å²) in [6, 6.07) is 5.10. The third-order valence-electron chi connectivity index (χ3n) is 4.80. The van der Waals surface area contributed by atoms with Crippen molar-refractivity contribution in [1.82, 2.24) is 4.98 Å². The number of anilines is 2. The molecule has 1 aromatic carbocycles. The second kappa shape index (κ2) is 7.13. The number of carbonyl (C=O) groups is 1. The second-order valence-electron chi connectivity index (χ2n) is 6.84. The minimum Gasteiger partial charge on any atom is -0.397 e. The fourth-order valence-electron chi connectivity index (χ4n) is 3.34. The van der Waals surface area contributed by atoms with Crippen LogP contribution in [0.15, 0.2) is 18.2 Å². The van der Waals surface area contributed by atoms with Crippen LogP contribution < -0.4 is 11.1 Å². The molecule has 8 heteroatoms. The van der Waals surface area contributed by atoms with Crippen LogP contribution in [-0.2, 0) is 12.8 Å². The predicted molar refractivity (Wildman–Crippen MR) is 115 cm³/mol. The zero-order chi connectivity index (χ0) is 19.3. The molecule has 140 valence electrons. The Morgan fingerprint density at radius 3 is 2.74 bits per heavy atom. The van der Waals surface area contributed by atoms with Crippen LogP contribution in [0.1, 0.15) is 34.3 Å². The molecule has 1 amide bonds. The number of hydrogen-bond donors (Lipinski definition) is 2. The SMILES string of the molecule is CC1CCc2nc3sc(C(=O)Nc4cc(Cl)c(Cl)cc4Cl)c(N)c3cc2C1. The lowest BCUT2D eigenvalue weighted by Crippen LogP contribution is -2.13. The molecule has 0 bridgehead atoms. The maximum atomic E-state index is 12.8.